The highest BCUT2D eigenvalue weighted by atomic mass is 32.2. The molecule has 1 heterocycles. The molecule has 0 spiro atoms. The van der Waals surface area contributed by atoms with Gasteiger partial charge in [0.25, 0.3) is 0 Å². The summed E-state index contributed by atoms with van der Waals surface area (Å²) in [5.41, 5.74) is 1.81. The van der Waals surface area contributed by atoms with Gasteiger partial charge in [0.2, 0.25) is 10.0 Å². The Kier molecular flexibility index (Phi) is 4.34. The maximum Gasteiger partial charge on any atom is 0.232 e. The zero-order valence-corrected chi connectivity index (χ0v) is 12.4. The number of nitrogens with one attached hydrogen (secondary N) is 1. The Morgan fingerprint density at radius 1 is 1.32 bits per heavy atom. The van der Waals surface area contributed by atoms with Crippen molar-refractivity contribution in [3.8, 4) is 0 Å². The third kappa shape index (κ3) is 3.86. The van der Waals surface area contributed by atoms with E-state index in [0.29, 0.717) is 5.69 Å². The van der Waals surface area contributed by atoms with E-state index in [1.807, 2.05) is 24.3 Å². The second-order valence-electron chi connectivity index (χ2n) is 5.25. The molecule has 0 aliphatic carbocycles. The van der Waals surface area contributed by atoms with E-state index in [1.54, 1.807) is 6.92 Å². The lowest BCUT2D eigenvalue weighted by molar-refractivity contribution is 0.447. The van der Waals surface area contributed by atoms with Crippen molar-refractivity contribution >= 4 is 21.4 Å². The minimum atomic E-state index is -3.18. The number of anilines is 2. The summed E-state index contributed by atoms with van der Waals surface area (Å²) in [4.78, 5) is 2.37. The summed E-state index contributed by atoms with van der Waals surface area (Å²) < 4.78 is 25.5. The Morgan fingerprint density at radius 2 is 2.00 bits per heavy atom. The molecule has 1 unspecified atom stereocenters. The molecule has 1 aliphatic rings. The summed E-state index contributed by atoms with van der Waals surface area (Å²) in [5.74, 6) is 0.824. The summed E-state index contributed by atoms with van der Waals surface area (Å²) in [5, 5.41) is 0. The van der Waals surface area contributed by atoms with E-state index >= 15 is 0 Å². The van der Waals surface area contributed by atoms with Gasteiger partial charge in [-0.25, -0.2) is 8.42 Å². The van der Waals surface area contributed by atoms with E-state index in [1.165, 1.54) is 18.5 Å². The van der Waals surface area contributed by atoms with Gasteiger partial charge in [-0.1, -0.05) is 6.92 Å². The first-order valence-corrected chi connectivity index (χ1v) is 8.51. The standard InChI is InChI=1S/C14H22N2O2S/c1-3-19(17,18)15-13-6-8-14(9-7-13)16-10-4-5-12(2)11-16/h6-9,12,15H,3-5,10-11H2,1-2H3. The van der Waals surface area contributed by atoms with Gasteiger partial charge in [0, 0.05) is 24.5 Å². The molecule has 0 radical (unpaired) electrons. The smallest absolute Gasteiger partial charge is 0.232 e. The van der Waals surface area contributed by atoms with E-state index in [9.17, 15) is 8.42 Å². The van der Waals surface area contributed by atoms with Crippen LogP contribution in [-0.2, 0) is 10.0 Å². The fourth-order valence-corrected chi connectivity index (χ4v) is 3.06. The maximum absolute atomic E-state index is 11.5. The molecule has 1 atom stereocenters. The van der Waals surface area contributed by atoms with E-state index < -0.39 is 10.0 Å². The van der Waals surface area contributed by atoms with Crippen LogP contribution in [0.5, 0.6) is 0 Å². The van der Waals surface area contributed by atoms with Crippen LogP contribution in [0.3, 0.4) is 0 Å². The highest BCUT2D eigenvalue weighted by molar-refractivity contribution is 7.92. The minimum absolute atomic E-state index is 0.0956. The molecule has 0 saturated carbocycles. The first-order valence-electron chi connectivity index (χ1n) is 6.85. The topological polar surface area (TPSA) is 49.4 Å². The Balaban J connectivity index is 2.06. The molecule has 5 heteroatoms. The number of rotatable bonds is 4. The number of piperidine rings is 1. The van der Waals surface area contributed by atoms with Gasteiger partial charge in [-0.05, 0) is 49.9 Å². The summed E-state index contributed by atoms with van der Waals surface area (Å²) in [6, 6.07) is 7.65. The second kappa shape index (κ2) is 5.82. The third-order valence-corrected chi connectivity index (χ3v) is 4.85. The third-order valence-electron chi connectivity index (χ3n) is 3.54. The molecule has 1 aromatic carbocycles. The zero-order chi connectivity index (χ0) is 13.9. The van der Waals surface area contributed by atoms with Gasteiger partial charge in [-0.15, -0.1) is 0 Å². The van der Waals surface area contributed by atoms with Gasteiger partial charge in [0.1, 0.15) is 0 Å². The molecule has 0 aromatic heterocycles. The van der Waals surface area contributed by atoms with E-state index in [0.717, 1.165) is 19.0 Å². The zero-order valence-electron chi connectivity index (χ0n) is 11.6. The molecule has 0 amide bonds. The van der Waals surface area contributed by atoms with Gasteiger partial charge in [0.05, 0.1) is 5.75 Å². The molecule has 1 N–H and O–H groups in total. The first kappa shape index (κ1) is 14.2. The average molecular weight is 282 g/mol. The molecule has 106 valence electrons. The predicted molar refractivity (Wildman–Crippen MR) is 80.1 cm³/mol. The molecule has 2 rings (SSSR count). The second-order valence-corrected chi connectivity index (χ2v) is 7.26. The van der Waals surface area contributed by atoms with Crippen molar-refractivity contribution in [2.24, 2.45) is 5.92 Å². The Bertz CT molecular complexity index is 511. The Morgan fingerprint density at radius 3 is 2.58 bits per heavy atom. The normalized spacial score (nSPS) is 20.3. The van der Waals surface area contributed by atoms with Crippen LogP contribution < -0.4 is 9.62 Å². The lowest BCUT2D eigenvalue weighted by Gasteiger charge is -2.32. The molecule has 0 bridgehead atoms. The highest BCUT2D eigenvalue weighted by Gasteiger charge is 2.16. The summed E-state index contributed by atoms with van der Waals surface area (Å²) in [7, 11) is -3.18. The monoisotopic (exact) mass is 282 g/mol. The number of hydrogen-bond acceptors (Lipinski definition) is 3. The Hall–Kier alpha value is -1.23. The minimum Gasteiger partial charge on any atom is -0.371 e. The molecule has 1 aromatic rings. The van der Waals surface area contributed by atoms with E-state index in [-0.39, 0.29) is 5.75 Å². The molecular formula is C14H22N2O2S. The molecule has 1 saturated heterocycles. The largest absolute Gasteiger partial charge is 0.371 e. The van der Waals surface area contributed by atoms with Crippen LogP contribution in [-0.4, -0.2) is 27.3 Å². The Labute approximate surface area is 115 Å². The fraction of sp³-hybridized carbons (Fsp3) is 0.571. The average Bonchev–Trinajstić information content (AvgIpc) is 2.39. The van der Waals surface area contributed by atoms with Gasteiger partial charge in [0.15, 0.2) is 0 Å². The number of sulfonamides is 1. The fourth-order valence-electron chi connectivity index (χ4n) is 2.42. The summed E-state index contributed by atoms with van der Waals surface area (Å²) in [6.07, 6.45) is 2.52. The quantitative estimate of drug-likeness (QED) is 0.923. The van der Waals surface area contributed by atoms with Crippen molar-refractivity contribution in [2.75, 3.05) is 28.5 Å². The predicted octanol–water partition coefficient (Wildman–Crippen LogP) is 2.68. The van der Waals surface area contributed by atoms with Crippen molar-refractivity contribution in [3.63, 3.8) is 0 Å². The van der Waals surface area contributed by atoms with Crippen molar-refractivity contribution in [3.05, 3.63) is 24.3 Å². The van der Waals surface area contributed by atoms with Crippen LogP contribution in [0.4, 0.5) is 11.4 Å². The molecule has 1 aliphatic heterocycles. The van der Waals surface area contributed by atoms with Gasteiger partial charge < -0.3 is 4.90 Å². The first-order chi connectivity index (χ1) is 9.00. The SMILES string of the molecule is CCS(=O)(=O)Nc1ccc(N2CCCC(C)C2)cc1. The molecule has 1 fully saturated rings. The van der Waals surface area contributed by atoms with Crippen LogP contribution >= 0.6 is 0 Å². The van der Waals surface area contributed by atoms with Crippen LogP contribution in [0.2, 0.25) is 0 Å². The van der Waals surface area contributed by atoms with Crippen molar-refractivity contribution in [1.29, 1.82) is 0 Å². The van der Waals surface area contributed by atoms with Gasteiger partial charge in [-0.3, -0.25) is 4.72 Å². The molecule has 4 nitrogen and oxygen atoms in total. The van der Waals surface area contributed by atoms with Crippen molar-refractivity contribution < 1.29 is 8.42 Å². The lowest BCUT2D eigenvalue weighted by atomic mass is 10.00. The van der Waals surface area contributed by atoms with Gasteiger partial charge in [-0.2, -0.15) is 0 Å². The summed E-state index contributed by atoms with van der Waals surface area (Å²) in [6.45, 7) is 6.08. The van der Waals surface area contributed by atoms with Crippen molar-refractivity contribution in [1.82, 2.24) is 0 Å². The van der Waals surface area contributed by atoms with Crippen LogP contribution in [0.1, 0.15) is 26.7 Å². The summed E-state index contributed by atoms with van der Waals surface area (Å²) >= 11 is 0. The van der Waals surface area contributed by atoms with Crippen molar-refractivity contribution in [2.45, 2.75) is 26.7 Å². The maximum atomic E-state index is 11.5. The van der Waals surface area contributed by atoms with E-state index in [2.05, 4.69) is 16.5 Å². The highest BCUT2D eigenvalue weighted by Crippen LogP contribution is 2.24. The van der Waals surface area contributed by atoms with E-state index in [4.69, 9.17) is 0 Å². The number of benzene rings is 1. The number of hydrogen-bond donors (Lipinski definition) is 1. The van der Waals surface area contributed by atoms with Gasteiger partial charge >= 0.3 is 0 Å². The van der Waals surface area contributed by atoms with Crippen LogP contribution in [0, 0.1) is 5.92 Å². The molecule has 19 heavy (non-hydrogen) atoms. The lowest BCUT2D eigenvalue weighted by Crippen LogP contribution is -2.34. The van der Waals surface area contributed by atoms with Crippen LogP contribution in [0.15, 0.2) is 24.3 Å². The van der Waals surface area contributed by atoms with Crippen LogP contribution in [0.25, 0.3) is 0 Å². The number of nitrogens with zero attached hydrogens (tertiary/aromatic N) is 1. The molecular weight excluding hydrogens is 260 g/mol.